The van der Waals surface area contributed by atoms with Gasteiger partial charge in [-0.05, 0) is 72.4 Å². The normalized spacial score (nSPS) is 18.2. The van der Waals surface area contributed by atoms with Gasteiger partial charge in [0.2, 0.25) is 11.2 Å². The van der Waals surface area contributed by atoms with Crippen molar-refractivity contribution >= 4 is 47.8 Å². The lowest BCUT2D eigenvalue weighted by Crippen LogP contribution is -2.69. The molecule has 0 fully saturated rings. The average molecular weight is 711 g/mol. The van der Waals surface area contributed by atoms with E-state index in [1.807, 2.05) is 11.3 Å². The van der Waals surface area contributed by atoms with Crippen LogP contribution in [0.5, 0.6) is 0 Å². The van der Waals surface area contributed by atoms with Gasteiger partial charge >= 0.3 is 0 Å². The SMILES string of the molecule is CCCCCc1cc2[n+](cc1-c1ccccc1)C(C)(CC)C(CC)(Cc1c[n+]3ccc(C)cc3c3c1ccc1c4ccccc4sc13)c1ccccc1-2. The van der Waals surface area contributed by atoms with Gasteiger partial charge in [0.05, 0.1) is 21.1 Å². The highest BCUT2D eigenvalue weighted by Crippen LogP contribution is 2.53. The van der Waals surface area contributed by atoms with E-state index in [-0.39, 0.29) is 11.0 Å². The van der Waals surface area contributed by atoms with E-state index >= 15 is 0 Å². The molecule has 4 aromatic carbocycles. The highest BCUT2D eigenvalue weighted by atomic mass is 32.1. The minimum absolute atomic E-state index is 0.158. The lowest BCUT2D eigenvalue weighted by atomic mass is 9.57. The van der Waals surface area contributed by atoms with E-state index in [9.17, 15) is 0 Å². The molecule has 9 rings (SSSR count). The van der Waals surface area contributed by atoms with E-state index in [1.165, 1.54) is 100 Å². The van der Waals surface area contributed by atoms with Crippen molar-refractivity contribution < 1.29 is 8.97 Å². The van der Waals surface area contributed by atoms with Gasteiger partial charge in [-0.25, -0.2) is 0 Å². The first-order valence-electron chi connectivity index (χ1n) is 19.8. The molecule has 8 aromatic rings. The maximum atomic E-state index is 2.72. The van der Waals surface area contributed by atoms with Gasteiger partial charge < -0.3 is 0 Å². The predicted octanol–water partition coefficient (Wildman–Crippen LogP) is 12.6. The van der Waals surface area contributed by atoms with Crippen LogP contribution in [-0.2, 0) is 23.8 Å². The van der Waals surface area contributed by atoms with Crippen molar-refractivity contribution in [3.8, 4) is 22.4 Å². The summed E-state index contributed by atoms with van der Waals surface area (Å²) in [7, 11) is 0. The zero-order valence-corrected chi connectivity index (χ0v) is 32.7. The lowest BCUT2D eigenvalue weighted by molar-refractivity contribution is -0.765. The molecular weight excluding hydrogens is 661 g/mol. The smallest absolute Gasteiger partial charge is 0.192 e. The molecule has 5 heterocycles. The van der Waals surface area contributed by atoms with Crippen molar-refractivity contribution in [2.45, 2.75) is 90.5 Å². The van der Waals surface area contributed by atoms with Gasteiger partial charge in [0.1, 0.15) is 0 Å². The number of hydrogen-bond acceptors (Lipinski definition) is 1. The van der Waals surface area contributed by atoms with Crippen molar-refractivity contribution in [1.29, 1.82) is 0 Å². The maximum absolute atomic E-state index is 2.72. The number of hydrogen-bond donors (Lipinski definition) is 0. The number of unbranched alkanes of at least 4 members (excludes halogenated alkanes) is 2. The minimum Gasteiger partial charge on any atom is -0.192 e. The molecule has 264 valence electrons. The molecule has 3 heteroatoms. The molecule has 0 bridgehead atoms. The zero-order valence-electron chi connectivity index (χ0n) is 31.9. The van der Waals surface area contributed by atoms with Crippen LogP contribution < -0.4 is 8.97 Å². The molecule has 0 spiro atoms. The van der Waals surface area contributed by atoms with Gasteiger partial charge in [0, 0.05) is 58.1 Å². The van der Waals surface area contributed by atoms with Crippen molar-refractivity contribution in [3.05, 3.63) is 150 Å². The molecule has 1 aliphatic rings. The van der Waals surface area contributed by atoms with E-state index < -0.39 is 0 Å². The fraction of sp³-hybridized carbons (Fsp3) is 0.280. The first kappa shape index (κ1) is 33.9. The summed E-state index contributed by atoms with van der Waals surface area (Å²) < 4.78 is 7.87. The third-order valence-electron chi connectivity index (χ3n) is 13.0. The highest BCUT2D eigenvalue weighted by molar-refractivity contribution is 7.26. The first-order valence-corrected chi connectivity index (χ1v) is 20.6. The second-order valence-corrected chi connectivity index (χ2v) is 16.7. The van der Waals surface area contributed by atoms with Crippen molar-refractivity contribution in [2.75, 3.05) is 0 Å². The molecular formula is C50H50N2S+2. The highest BCUT2D eigenvalue weighted by Gasteiger charge is 2.59. The van der Waals surface area contributed by atoms with Crippen LogP contribution in [0.1, 0.15) is 82.1 Å². The molecule has 4 aromatic heterocycles. The fourth-order valence-electron chi connectivity index (χ4n) is 9.94. The third kappa shape index (κ3) is 5.18. The molecule has 2 atom stereocenters. The number of fused-ring (bicyclic) bond motifs is 10. The van der Waals surface area contributed by atoms with E-state index in [2.05, 4.69) is 171 Å². The summed E-state index contributed by atoms with van der Waals surface area (Å²) in [6, 6.07) is 41.5. The monoisotopic (exact) mass is 710 g/mol. The van der Waals surface area contributed by atoms with E-state index in [0.717, 1.165) is 25.7 Å². The molecule has 0 N–H and O–H groups in total. The average Bonchev–Trinajstić information content (AvgIpc) is 3.58. The van der Waals surface area contributed by atoms with Gasteiger partial charge in [0.25, 0.3) is 0 Å². The number of thiophene rings is 1. The van der Waals surface area contributed by atoms with Gasteiger partial charge in [0.15, 0.2) is 24.1 Å². The van der Waals surface area contributed by atoms with Crippen molar-refractivity contribution in [2.24, 2.45) is 0 Å². The largest absolute Gasteiger partial charge is 0.220 e. The maximum Gasteiger partial charge on any atom is 0.220 e. The van der Waals surface area contributed by atoms with Crippen LogP contribution in [0, 0.1) is 6.92 Å². The van der Waals surface area contributed by atoms with Crippen LogP contribution in [0.15, 0.2) is 128 Å². The number of benzene rings is 4. The quantitative estimate of drug-likeness (QED) is 0.0800. The molecule has 0 radical (unpaired) electrons. The first-order chi connectivity index (χ1) is 25.9. The molecule has 53 heavy (non-hydrogen) atoms. The summed E-state index contributed by atoms with van der Waals surface area (Å²) in [6.45, 7) is 11.9. The Balaban J connectivity index is 1.32. The Bertz CT molecular complexity index is 2670. The number of pyridine rings is 3. The van der Waals surface area contributed by atoms with Crippen LogP contribution >= 0.6 is 11.3 Å². The minimum atomic E-state index is -0.183. The van der Waals surface area contributed by atoms with Crippen LogP contribution in [0.3, 0.4) is 0 Å². The van der Waals surface area contributed by atoms with Crippen LogP contribution in [-0.4, -0.2) is 0 Å². The molecule has 2 unspecified atom stereocenters. The van der Waals surface area contributed by atoms with Crippen LogP contribution in [0.4, 0.5) is 0 Å². The zero-order chi connectivity index (χ0) is 36.3. The summed E-state index contributed by atoms with van der Waals surface area (Å²) >= 11 is 1.95. The van der Waals surface area contributed by atoms with Crippen molar-refractivity contribution in [3.63, 3.8) is 0 Å². The Morgan fingerprint density at radius 3 is 2.26 bits per heavy atom. The summed E-state index contributed by atoms with van der Waals surface area (Å²) in [5, 5.41) is 5.48. The fourth-order valence-corrected chi connectivity index (χ4v) is 11.2. The number of aromatic nitrogens is 2. The summed E-state index contributed by atoms with van der Waals surface area (Å²) in [6.07, 6.45) is 15.1. The molecule has 0 amide bonds. The summed E-state index contributed by atoms with van der Waals surface area (Å²) in [5.74, 6) is 0. The second-order valence-electron chi connectivity index (χ2n) is 15.7. The molecule has 0 saturated carbocycles. The molecule has 2 nitrogen and oxygen atoms in total. The third-order valence-corrected chi connectivity index (χ3v) is 14.2. The Morgan fingerprint density at radius 1 is 0.679 bits per heavy atom. The Labute approximate surface area is 318 Å². The number of nitrogens with zero attached hydrogens (tertiary/aromatic N) is 2. The molecule has 1 aliphatic heterocycles. The predicted molar refractivity (Wildman–Crippen MR) is 225 cm³/mol. The van der Waals surface area contributed by atoms with Gasteiger partial charge in [-0.15, -0.1) is 11.3 Å². The Hall–Kier alpha value is -4.86. The number of rotatable bonds is 9. The van der Waals surface area contributed by atoms with E-state index in [4.69, 9.17) is 0 Å². The van der Waals surface area contributed by atoms with Gasteiger partial charge in [-0.2, -0.15) is 8.97 Å². The molecule has 0 saturated heterocycles. The van der Waals surface area contributed by atoms with Crippen LogP contribution in [0.25, 0.3) is 58.8 Å². The lowest BCUT2D eigenvalue weighted by Gasteiger charge is -2.48. The summed E-state index contributed by atoms with van der Waals surface area (Å²) in [5.41, 5.74) is 12.0. The topological polar surface area (TPSA) is 7.98 Å². The standard InChI is InChI=1S/C50H50N2S/c1-6-9-11-20-36-30-44-41-22-14-16-23-43(41)50(8-3,49(5,7-2)52(44)33-42(36)35-18-12-10-13-19-35)31-37-32-51-28-27-34(4)29-45(51)47-38(37)25-26-40-39-21-15-17-24-46(39)53-48(40)47/h10,12-19,21-30,32-33H,6-9,11,20,31H2,1-5H3/q+2. The Morgan fingerprint density at radius 2 is 1.45 bits per heavy atom. The Kier molecular flexibility index (Phi) is 8.46. The van der Waals surface area contributed by atoms with Gasteiger partial charge in [-0.3, -0.25) is 0 Å². The van der Waals surface area contributed by atoms with Crippen molar-refractivity contribution in [1.82, 2.24) is 0 Å². The van der Waals surface area contributed by atoms with Crippen LogP contribution in [0.2, 0.25) is 0 Å². The van der Waals surface area contributed by atoms with Gasteiger partial charge in [-0.1, -0.05) is 112 Å². The second kappa shape index (κ2) is 13.2. The van der Waals surface area contributed by atoms with E-state index in [1.54, 1.807) is 0 Å². The number of aryl methyl sites for hydroxylation is 2. The molecule has 0 aliphatic carbocycles. The summed E-state index contributed by atoms with van der Waals surface area (Å²) in [4.78, 5) is 0. The van der Waals surface area contributed by atoms with E-state index in [0.29, 0.717) is 0 Å².